The Balaban J connectivity index is 2.26. The van der Waals surface area contributed by atoms with Crippen molar-refractivity contribution in [2.24, 2.45) is 0 Å². The van der Waals surface area contributed by atoms with E-state index in [-0.39, 0.29) is 12.2 Å². The molecule has 0 saturated heterocycles. The van der Waals surface area contributed by atoms with Crippen LogP contribution < -0.4 is 5.32 Å². The summed E-state index contributed by atoms with van der Waals surface area (Å²) in [4.78, 5) is 11.9. The maximum absolute atomic E-state index is 11.9. The molecule has 0 unspecified atom stereocenters. The fourth-order valence-corrected chi connectivity index (χ4v) is 2.57. The van der Waals surface area contributed by atoms with Crippen LogP contribution >= 0.6 is 11.6 Å². The third-order valence-corrected chi connectivity index (χ3v) is 4.34. The molecule has 1 aromatic heterocycles. The predicted molar refractivity (Wildman–Crippen MR) is 86.3 cm³/mol. The number of amides is 1. The molecule has 2 aromatic rings. The average molecular weight is 342 g/mol. The van der Waals surface area contributed by atoms with Crippen LogP contribution in [0.15, 0.2) is 30.3 Å². The SMILES string of the molecule is Cc1nn(-c2ccccc2)c(NC(=O)CCS(C)(=O)=O)c1Cl. The minimum atomic E-state index is -3.19. The van der Waals surface area contributed by atoms with Crippen LogP contribution in [0.4, 0.5) is 5.82 Å². The number of hydrogen-bond donors (Lipinski definition) is 1. The van der Waals surface area contributed by atoms with Gasteiger partial charge in [-0.15, -0.1) is 0 Å². The van der Waals surface area contributed by atoms with Gasteiger partial charge in [0.1, 0.15) is 14.9 Å². The molecule has 0 spiro atoms. The molecule has 8 heteroatoms. The van der Waals surface area contributed by atoms with Gasteiger partial charge in [0.05, 0.1) is 17.1 Å². The molecular weight excluding hydrogens is 326 g/mol. The first-order valence-electron chi connectivity index (χ1n) is 6.56. The van der Waals surface area contributed by atoms with Gasteiger partial charge < -0.3 is 5.32 Å². The number of carbonyl (C=O) groups excluding carboxylic acids is 1. The first-order valence-corrected chi connectivity index (χ1v) is 9.00. The molecule has 0 saturated carbocycles. The van der Waals surface area contributed by atoms with Crippen LogP contribution in [0.1, 0.15) is 12.1 Å². The number of rotatable bonds is 5. The molecule has 0 atom stereocenters. The number of anilines is 1. The Kier molecular flexibility index (Phi) is 4.87. The second kappa shape index (κ2) is 6.50. The molecule has 0 aliphatic carbocycles. The number of aryl methyl sites for hydroxylation is 1. The van der Waals surface area contributed by atoms with Crippen LogP contribution in [-0.4, -0.2) is 36.1 Å². The van der Waals surface area contributed by atoms with Crippen LogP contribution in [0.3, 0.4) is 0 Å². The van der Waals surface area contributed by atoms with Gasteiger partial charge in [-0.2, -0.15) is 5.10 Å². The van der Waals surface area contributed by atoms with E-state index in [0.29, 0.717) is 16.5 Å². The number of nitrogens with one attached hydrogen (secondary N) is 1. The number of benzene rings is 1. The zero-order valence-corrected chi connectivity index (χ0v) is 13.8. The summed E-state index contributed by atoms with van der Waals surface area (Å²) in [6.45, 7) is 1.73. The maximum Gasteiger partial charge on any atom is 0.226 e. The fraction of sp³-hybridized carbons (Fsp3) is 0.286. The highest BCUT2D eigenvalue weighted by atomic mass is 35.5. The second-order valence-corrected chi connectivity index (χ2v) is 7.56. The average Bonchev–Trinajstić information content (AvgIpc) is 2.74. The third kappa shape index (κ3) is 4.08. The van der Waals surface area contributed by atoms with Crippen molar-refractivity contribution in [3.63, 3.8) is 0 Å². The van der Waals surface area contributed by atoms with Crippen molar-refractivity contribution in [3.8, 4) is 5.69 Å². The molecule has 0 aliphatic rings. The van der Waals surface area contributed by atoms with Crippen LogP contribution in [0.2, 0.25) is 5.02 Å². The summed E-state index contributed by atoms with van der Waals surface area (Å²) in [5.74, 6) is -0.303. The van der Waals surface area contributed by atoms with E-state index in [2.05, 4.69) is 10.4 Å². The van der Waals surface area contributed by atoms with Gasteiger partial charge in [-0.25, -0.2) is 13.1 Å². The van der Waals surface area contributed by atoms with Gasteiger partial charge in [0.15, 0.2) is 5.82 Å². The first kappa shape index (κ1) is 16.5. The number of halogens is 1. The normalized spacial score (nSPS) is 11.4. The van der Waals surface area contributed by atoms with Crippen LogP contribution in [0.25, 0.3) is 5.69 Å². The maximum atomic E-state index is 11.9. The Morgan fingerprint density at radius 1 is 1.32 bits per heavy atom. The van der Waals surface area contributed by atoms with Gasteiger partial charge in [-0.05, 0) is 19.1 Å². The standard InChI is InChI=1S/C14H16ClN3O3S/c1-10-13(15)14(16-12(19)8-9-22(2,20)21)18(17-10)11-6-4-3-5-7-11/h3-7H,8-9H2,1-2H3,(H,16,19). The number of sulfone groups is 1. The third-order valence-electron chi connectivity index (χ3n) is 2.95. The number of aromatic nitrogens is 2. The minimum absolute atomic E-state index is 0.131. The quantitative estimate of drug-likeness (QED) is 0.904. The zero-order valence-electron chi connectivity index (χ0n) is 12.2. The lowest BCUT2D eigenvalue weighted by Gasteiger charge is -2.09. The Labute approximate surface area is 134 Å². The molecule has 22 heavy (non-hydrogen) atoms. The molecule has 118 valence electrons. The molecule has 1 amide bonds. The lowest BCUT2D eigenvalue weighted by molar-refractivity contribution is -0.115. The van der Waals surface area contributed by atoms with Crippen molar-refractivity contribution < 1.29 is 13.2 Å². The van der Waals surface area contributed by atoms with Crippen LogP contribution in [0, 0.1) is 6.92 Å². The van der Waals surface area contributed by atoms with Gasteiger partial charge in [0, 0.05) is 12.7 Å². The number of nitrogens with zero attached hydrogens (tertiary/aromatic N) is 2. The summed E-state index contributed by atoms with van der Waals surface area (Å²) in [5.41, 5.74) is 1.32. The number of hydrogen-bond acceptors (Lipinski definition) is 4. The van der Waals surface area contributed by atoms with Crippen molar-refractivity contribution in [2.75, 3.05) is 17.3 Å². The topological polar surface area (TPSA) is 81.1 Å². The molecule has 1 N–H and O–H groups in total. The summed E-state index contributed by atoms with van der Waals surface area (Å²) in [5, 5.41) is 7.26. The van der Waals surface area contributed by atoms with Crippen molar-refractivity contribution in [1.82, 2.24) is 9.78 Å². The minimum Gasteiger partial charge on any atom is -0.309 e. The van der Waals surface area contributed by atoms with E-state index in [0.717, 1.165) is 11.9 Å². The van der Waals surface area contributed by atoms with Gasteiger partial charge in [0.2, 0.25) is 5.91 Å². The van der Waals surface area contributed by atoms with Gasteiger partial charge in [0.25, 0.3) is 0 Å². The van der Waals surface area contributed by atoms with Gasteiger partial charge in [-0.3, -0.25) is 4.79 Å². The largest absolute Gasteiger partial charge is 0.309 e. The summed E-state index contributed by atoms with van der Waals surface area (Å²) < 4.78 is 23.8. The van der Waals surface area contributed by atoms with Gasteiger partial charge >= 0.3 is 0 Å². The predicted octanol–water partition coefficient (Wildman–Crippen LogP) is 2.21. The summed E-state index contributed by atoms with van der Waals surface area (Å²) in [7, 11) is -3.19. The molecule has 2 rings (SSSR count). The van der Waals surface area contributed by atoms with Crippen molar-refractivity contribution in [1.29, 1.82) is 0 Å². The molecule has 6 nitrogen and oxygen atoms in total. The van der Waals surface area contributed by atoms with E-state index in [1.165, 1.54) is 4.68 Å². The van der Waals surface area contributed by atoms with E-state index < -0.39 is 15.7 Å². The van der Waals surface area contributed by atoms with E-state index in [1.54, 1.807) is 6.92 Å². The second-order valence-electron chi connectivity index (χ2n) is 4.92. The molecular formula is C14H16ClN3O3S. The first-order chi connectivity index (χ1) is 10.3. The molecule has 1 aromatic carbocycles. The smallest absolute Gasteiger partial charge is 0.226 e. The van der Waals surface area contributed by atoms with Crippen molar-refractivity contribution >= 4 is 33.2 Å². The van der Waals surface area contributed by atoms with Gasteiger partial charge in [-0.1, -0.05) is 29.8 Å². The van der Waals surface area contributed by atoms with Crippen molar-refractivity contribution in [2.45, 2.75) is 13.3 Å². The molecule has 0 radical (unpaired) electrons. The Morgan fingerprint density at radius 2 is 1.95 bits per heavy atom. The summed E-state index contributed by atoms with van der Waals surface area (Å²) in [6, 6.07) is 9.21. The Morgan fingerprint density at radius 3 is 2.55 bits per heavy atom. The highest BCUT2D eigenvalue weighted by Crippen LogP contribution is 2.28. The Hall–Kier alpha value is -1.86. The fourth-order valence-electron chi connectivity index (χ4n) is 1.84. The number of carbonyl (C=O) groups is 1. The highest BCUT2D eigenvalue weighted by Gasteiger charge is 2.17. The van der Waals surface area contributed by atoms with E-state index in [1.807, 2.05) is 30.3 Å². The Bertz CT molecular complexity index is 785. The summed E-state index contributed by atoms with van der Waals surface area (Å²) in [6.07, 6.45) is 0.958. The number of para-hydroxylation sites is 1. The van der Waals surface area contributed by atoms with Crippen molar-refractivity contribution in [3.05, 3.63) is 41.0 Å². The van der Waals surface area contributed by atoms with E-state index in [9.17, 15) is 13.2 Å². The van der Waals surface area contributed by atoms with E-state index >= 15 is 0 Å². The molecule has 0 bridgehead atoms. The van der Waals surface area contributed by atoms with E-state index in [4.69, 9.17) is 11.6 Å². The monoisotopic (exact) mass is 341 g/mol. The zero-order chi connectivity index (χ0) is 16.3. The lowest BCUT2D eigenvalue weighted by atomic mass is 10.3. The molecule has 0 aliphatic heterocycles. The molecule has 0 fully saturated rings. The lowest BCUT2D eigenvalue weighted by Crippen LogP contribution is -2.18. The van der Waals surface area contributed by atoms with Crippen LogP contribution in [-0.2, 0) is 14.6 Å². The summed E-state index contributed by atoms with van der Waals surface area (Å²) >= 11 is 6.18. The molecule has 1 heterocycles. The van der Waals surface area contributed by atoms with Crippen LogP contribution in [0.5, 0.6) is 0 Å². The highest BCUT2D eigenvalue weighted by molar-refractivity contribution is 7.90.